The molecular weight excluding hydrogens is 438 g/mol. The number of hydrogen-bond donors (Lipinski definition) is 2. The van der Waals surface area contributed by atoms with Gasteiger partial charge in [0.15, 0.2) is 11.8 Å². The molecule has 0 bridgehead atoms. The van der Waals surface area contributed by atoms with Crippen LogP contribution in [0.25, 0.3) is 11.4 Å². The van der Waals surface area contributed by atoms with Gasteiger partial charge in [0.25, 0.3) is 6.43 Å². The van der Waals surface area contributed by atoms with Gasteiger partial charge in [-0.15, -0.1) is 0 Å². The normalized spacial score (nSPS) is 18.2. The molecule has 33 heavy (non-hydrogen) atoms. The van der Waals surface area contributed by atoms with E-state index >= 15 is 0 Å². The highest BCUT2D eigenvalue weighted by Crippen LogP contribution is 2.40. The van der Waals surface area contributed by atoms with Gasteiger partial charge in [0.1, 0.15) is 41.9 Å². The number of primary amides is 1. The van der Waals surface area contributed by atoms with E-state index in [0.717, 1.165) is 9.80 Å². The van der Waals surface area contributed by atoms with Crippen LogP contribution in [0.5, 0.6) is 5.75 Å². The average molecular weight is 458 g/mol. The molecule has 1 fully saturated rings. The molecule has 12 heteroatoms. The van der Waals surface area contributed by atoms with Crippen LogP contribution in [0.2, 0.25) is 0 Å². The number of alkyl halides is 2. The quantitative estimate of drug-likeness (QED) is 0.637. The summed E-state index contributed by atoms with van der Waals surface area (Å²) in [6.07, 6.45) is -1.46. The lowest BCUT2D eigenvalue weighted by Crippen LogP contribution is -2.35. The van der Waals surface area contributed by atoms with Gasteiger partial charge in [0.2, 0.25) is 11.7 Å². The molecule has 1 aromatic heterocycles. The van der Waals surface area contributed by atoms with Crippen molar-refractivity contribution in [2.24, 2.45) is 5.73 Å². The molecular formula is C21H20F2N6O4. The van der Waals surface area contributed by atoms with Crippen molar-refractivity contribution < 1.29 is 27.9 Å². The third-order valence-corrected chi connectivity index (χ3v) is 5.53. The maximum atomic E-state index is 13.9. The predicted octanol–water partition coefficient (Wildman–Crippen LogP) is 1.00. The number of fused-ring (bicyclic) bond motifs is 3. The molecule has 0 radical (unpaired) electrons. The summed E-state index contributed by atoms with van der Waals surface area (Å²) in [6, 6.07) is 2.79. The highest BCUT2D eigenvalue weighted by molar-refractivity contribution is 5.83. The first-order valence-electron chi connectivity index (χ1n) is 9.98. The van der Waals surface area contributed by atoms with Gasteiger partial charge in [-0.05, 0) is 19.1 Å². The highest BCUT2D eigenvalue weighted by Gasteiger charge is 2.46. The number of aromatic nitrogens is 2. The first-order valence-corrected chi connectivity index (χ1v) is 9.98. The standard InChI is InChI=1S/C21H20F2N6O4/c1-11(20(24)32)25-12-3-4-13-15(7-12)33-6-5-28-8-16(26-21(13)28)29-17(10-31)27(2)14(9-30)18(29)19(22)23/h3-4,7-8,11,18-19,25H,5-6H2,1-2H3,(H2,24,32)/t11-,18-/m0/s1. The summed E-state index contributed by atoms with van der Waals surface area (Å²) in [6.45, 7) is 2.25. The maximum Gasteiger partial charge on any atom is 0.265 e. The van der Waals surface area contributed by atoms with E-state index in [1.165, 1.54) is 19.2 Å². The Morgan fingerprint density at radius 3 is 2.73 bits per heavy atom. The van der Waals surface area contributed by atoms with Crippen molar-refractivity contribution in [1.29, 1.82) is 0 Å². The molecule has 0 aliphatic carbocycles. The first kappa shape index (κ1) is 22.1. The van der Waals surface area contributed by atoms with E-state index in [4.69, 9.17) is 10.5 Å². The number of ether oxygens (including phenoxy) is 1. The fourth-order valence-corrected chi connectivity index (χ4v) is 3.85. The number of benzene rings is 1. The Morgan fingerprint density at radius 1 is 1.33 bits per heavy atom. The average Bonchev–Trinajstić information content (AvgIpc) is 3.26. The first-order chi connectivity index (χ1) is 15.8. The Morgan fingerprint density at radius 2 is 2.09 bits per heavy atom. The van der Waals surface area contributed by atoms with Crippen LogP contribution in [0.15, 0.2) is 35.9 Å². The number of likely N-dealkylation sites (N-methyl/N-ethyl adjacent to an activating group) is 1. The second-order valence-electron chi connectivity index (χ2n) is 7.57. The van der Waals surface area contributed by atoms with Gasteiger partial charge in [0.05, 0.1) is 12.1 Å². The minimum atomic E-state index is -2.98. The SMILES string of the molecule is C[C@H](Nc1ccc2c(c1)OCCn1cc(N3C(=C=O)N(C)C(=C=O)[C@H]3C(F)F)nc1-2)C(N)=O. The fourth-order valence-electron chi connectivity index (χ4n) is 3.85. The summed E-state index contributed by atoms with van der Waals surface area (Å²) in [5, 5.41) is 2.97. The third-order valence-electron chi connectivity index (χ3n) is 5.53. The van der Waals surface area contributed by atoms with E-state index in [-0.39, 0.29) is 23.9 Å². The van der Waals surface area contributed by atoms with Crippen molar-refractivity contribution in [3.05, 3.63) is 35.9 Å². The Kier molecular flexibility index (Phi) is 5.63. The monoisotopic (exact) mass is 458 g/mol. The zero-order valence-electron chi connectivity index (χ0n) is 17.7. The van der Waals surface area contributed by atoms with Crippen LogP contribution in [-0.4, -0.2) is 64.4 Å². The second kappa shape index (κ2) is 8.42. The second-order valence-corrected chi connectivity index (χ2v) is 7.57. The smallest absolute Gasteiger partial charge is 0.265 e. The summed E-state index contributed by atoms with van der Waals surface area (Å²) in [4.78, 5) is 40.8. The van der Waals surface area contributed by atoms with Gasteiger partial charge < -0.3 is 25.3 Å². The van der Waals surface area contributed by atoms with Crippen LogP contribution in [0.4, 0.5) is 20.3 Å². The summed E-state index contributed by atoms with van der Waals surface area (Å²) < 4.78 is 35.3. The summed E-state index contributed by atoms with van der Waals surface area (Å²) in [5.41, 5.74) is 6.10. The summed E-state index contributed by atoms with van der Waals surface area (Å²) in [5.74, 6) is 3.30. The fraction of sp³-hybridized carbons (Fsp3) is 0.333. The maximum absolute atomic E-state index is 13.9. The Balaban J connectivity index is 1.77. The molecule has 1 aromatic carbocycles. The molecule has 2 aromatic rings. The number of hydrogen-bond acceptors (Lipinski definition) is 8. The Labute approximate surface area is 186 Å². The largest absolute Gasteiger partial charge is 0.491 e. The number of rotatable bonds is 5. The van der Waals surface area contributed by atoms with Crippen molar-refractivity contribution in [3.8, 4) is 17.1 Å². The van der Waals surface area contributed by atoms with Crippen LogP contribution in [0.3, 0.4) is 0 Å². The predicted molar refractivity (Wildman–Crippen MR) is 114 cm³/mol. The molecule has 2 aliphatic rings. The molecule has 0 saturated carbocycles. The Bertz CT molecular complexity index is 1220. The molecule has 0 spiro atoms. The zero-order valence-corrected chi connectivity index (χ0v) is 17.7. The molecule has 1 saturated heterocycles. The number of anilines is 2. The van der Waals surface area contributed by atoms with Gasteiger partial charge >= 0.3 is 0 Å². The van der Waals surface area contributed by atoms with Crippen LogP contribution < -0.4 is 20.7 Å². The van der Waals surface area contributed by atoms with Gasteiger partial charge in [-0.25, -0.2) is 23.4 Å². The molecule has 1 amide bonds. The molecule has 172 valence electrons. The summed E-state index contributed by atoms with van der Waals surface area (Å²) >= 11 is 0. The van der Waals surface area contributed by atoms with E-state index in [2.05, 4.69) is 10.3 Å². The van der Waals surface area contributed by atoms with Gasteiger partial charge in [0, 0.05) is 25.0 Å². The minimum Gasteiger partial charge on any atom is -0.491 e. The minimum absolute atomic E-state index is 0.0585. The molecule has 0 unspecified atom stereocenters. The number of carbonyl (C=O) groups is 1. The number of nitrogens with zero attached hydrogens (tertiary/aromatic N) is 4. The van der Waals surface area contributed by atoms with Crippen molar-refractivity contribution in [1.82, 2.24) is 14.5 Å². The lowest BCUT2D eigenvalue weighted by molar-refractivity contribution is -0.118. The van der Waals surface area contributed by atoms with Crippen LogP contribution in [0, 0.1) is 0 Å². The van der Waals surface area contributed by atoms with E-state index in [0.29, 0.717) is 29.4 Å². The number of carbonyl (C=O) groups excluding carboxylic acids is 3. The topological polar surface area (TPSA) is 123 Å². The van der Waals surface area contributed by atoms with Gasteiger partial charge in [-0.2, -0.15) is 0 Å². The van der Waals surface area contributed by atoms with Crippen LogP contribution >= 0.6 is 0 Å². The molecule has 4 rings (SSSR count). The van der Waals surface area contributed by atoms with E-state index in [9.17, 15) is 23.2 Å². The van der Waals surface area contributed by atoms with Gasteiger partial charge in [-0.1, -0.05) is 0 Å². The molecule has 2 aliphatic heterocycles. The summed E-state index contributed by atoms with van der Waals surface area (Å²) in [7, 11) is 1.32. The third kappa shape index (κ3) is 3.71. The van der Waals surface area contributed by atoms with Crippen LogP contribution in [-0.2, 0) is 20.9 Å². The van der Waals surface area contributed by atoms with E-state index in [1.54, 1.807) is 35.6 Å². The molecule has 2 atom stereocenters. The van der Waals surface area contributed by atoms with E-state index < -0.39 is 24.4 Å². The Hall–Kier alpha value is -4.14. The van der Waals surface area contributed by atoms with Crippen LogP contribution in [0.1, 0.15) is 6.92 Å². The number of halogens is 2. The van der Waals surface area contributed by atoms with E-state index in [1.807, 2.05) is 0 Å². The number of nitrogens with one attached hydrogen (secondary N) is 1. The lowest BCUT2D eigenvalue weighted by Gasteiger charge is -2.21. The number of amides is 1. The van der Waals surface area contributed by atoms with Crippen molar-refractivity contribution in [3.63, 3.8) is 0 Å². The molecule has 3 N–H and O–H groups in total. The van der Waals surface area contributed by atoms with Gasteiger partial charge in [-0.3, -0.25) is 9.69 Å². The number of nitrogens with two attached hydrogens (primary N) is 1. The molecule has 10 nitrogen and oxygen atoms in total. The lowest BCUT2D eigenvalue weighted by atomic mass is 10.1. The number of imidazole rings is 1. The molecule has 3 heterocycles. The highest BCUT2D eigenvalue weighted by atomic mass is 19.3. The zero-order chi connectivity index (χ0) is 23.9. The van der Waals surface area contributed by atoms with Crippen molar-refractivity contribution in [2.75, 3.05) is 23.9 Å². The van der Waals surface area contributed by atoms with Crippen molar-refractivity contribution >= 4 is 29.3 Å². The van der Waals surface area contributed by atoms with Crippen molar-refractivity contribution in [2.45, 2.75) is 32.0 Å².